The van der Waals surface area contributed by atoms with Crippen LogP contribution in [0.15, 0.2) is 180 Å². The van der Waals surface area contributed by atoms with E-state index in [0.29, 0.717) is 17.5 Å². The van der Waals surface area contributed by atoms with Crippen LogP contribution in [0.2, 0.25) is 0 Å². The molecule has 234 valence electrons. The summed E-state index contributed by atoms with van der Waals surface area (Å²) < 4.78 is 0. The van der Waals surface area contributed by atoms with Crippen molar-refractivity contribution in [2.24, 2.45) is 0 Å². The van der Waals surface area contributed by atoms with Crippen LogP contribution >= 0.6 is 11.8 Å². The molecule has 0 fully saturated rings. The second kappa shape index (κ2) is 11.5. The zero-order valence-corrected chi connectivity index (χ0v) is 27.7. The summed E-state index contributed by atoms with van der Waals surface area (Å²) in [6.45, 7) is 0. The fraction of sp³-hybridized carbons (Fsp3) is 0.0222. The number of rotatable bonds is 4. The van der Waals surface area contributed by atoms with E-state index in [9.17, 15) is 0 Å². The minimum absolute atomic E-state index is 0.424. The molecule has 6 aromatic carbocycles. The molecule has 0 amide bonds. The summed E-state index contributed by atoms with van der Waals surface area (Å²) in [6.07, 6.45) is 1.89. The molecule has 2 aliphatic rings. The topological polar surface area (TPSA) is 51.6 Å². The normalized spacial score (nSPS) is 13.3. The zero-order chi connectivity index (χ0) is 33.1. The highest BCUT2D eigenvalue weighted by Crippen LogP contribution is 2.63. The van der Waals surface area contributed by atoms with E-state index in [2.05, 4.69) is 103 Å². The number of aromatic nitrogens is 4. The third-order valence-corrected chi connectivity index (χ3v) is 11.1. The first-order valence-electron chi connectivity index (χ1n) is 16.7. The van der Waals surface area contributed by atoms with E-state index in [-0.39, 0.29) is 0 Å². The molecule has 10 rings (SSSR count). The fourth-order valence-corrected chi connectivity index (χ4v) is 9.01. The second-order valence-electron chi connectivity index (χ2n) is 12.6. The van der Waals surface area contributed by atoms with Gasteiger partial charge >= 0.3 is 0 Å². The predicted molar refractivity (Wildman–Crippen MR) is 201 cm³/mol. The largest absolute Gasteiger partial charge is 0.255 e. The van der Waals surface area contributed by atoms with Crippen LogP contribution in [0.4, 0.5) is 0 Å². The van der Waals surface area contributed by atoms with Crippen LogP contribution in [0, 0.1) is 0 Å². The van der Waals surface area contributed by atoms with Gasteiger partial charge in [-0.25, -0.2) is 15.0 Å². The highest BCUT2D eigenvalue weighted by molar-refractivity contribution is 7.99. The van der Waals surface area contributed by atoms with E-state index < -0.39 is 5.41 Å². The Morgan fingerprint density at radius 1 is 0.380 bits per heavy atom. The van der Waals surface area contributed by atoms with Crippen molar-refractivity contribution in [3.8, 4) is 56.5 Å². The maximum Gasteiger partial charge on any atom is 0.165 e. The number of hydrogen-bond donors (Lipinski definition) is 0. The molecule has 2 aromatic heterocycles. The van der Waals surface area contributed by atoms with Gasteiger partial charge in [-0.15, -0.1) is 0 Å². The van der Waals surface area contributed by atoms with Crippen LogP contribution in [0.1, 0.15) is 22.3 Å². The second-order valence-corrected chi connectivity index (χ2v) is 13.6. The standard InChI is InChI=1S/C45H28N4S/c1-3-14-29(15-4-1)42-47-43(30-16-5-2-6-17-30)49-44(48-42)31-26-27-39(46-28-31)34-20-13-24-38-41(34)50-40-25-12-11-23-37(40)45(38)35-21-9-7-18-32(35)33-19-8-10-22-36(33)45/h1-28H. The van der Waals surface area contributed by atoms with Gasteiger partial charge in [0.1, 0.15) is 0 Å². The van der Waals surface area contributed by atoms with Crippen molar-refractivity contribution in [1.29, 1.82) is 0 Å². The smallest absolute Gasteiger partial charge is 0.165 e. The molecule has 5 heteroatoms. The molecule has 4 nitrogen and oxygen atoms in total. The molecule has 1 aliphatic carbocycles. The van der Waals surface area contributed by atoms with Gasteiger partial charge < -0.3 is 0 Å². The molecule has 3 heterocycles. The molecule has 8 aromatic rings. The van der Waals surface area contributed by atoms with E-state index in [1.54, 1.807) is 0 Å². The Hall–Kier alpha value is -6.17. The van der Waals surface area contributed by atoms with Gasteiger partial charge in [0.2, 0.25) is 0 Å². The Morgan fingerprint density at radius 2 is 0.880 bits per heavy atom. The fourth-order valence-electron chi connectivity index (χ4n) is 7.70. The number of pyridine rings is 1. The SMILES string of the molecule is c1ccc(-c2nc(-c3ccccc3)nc(-c3ccc(-c4cccc5c4Sc4ccccc4C54c5ccccc5-c5ccccc54)nc3)n2)cc1. The van der Waals surface area contributed by atoms with E-state index >= 15 is 0 Å². The van der Waals surface area contributed by atoms with Crippen LogP contribution < -0.4 is 0 Å². The van der Waals surface area contributed by atoms with Crippen LogP contribution in [0.5, 0.6) is 0 Å². The first-order chi connectivity index (χ1) is 24.8. The van der Waals surface area contributed by atoms with E-state index in [4.69, 9.17) is 19.9 Å². The van der Waals surface area contributed by atoms with Crippen LogP contribution in [-0.2, 0) is 5.41 Å². The van der Waals surface area contributed by atoms with Crippen LogP contribution in [0.3, 0.4) is 0 Å². The molecule has 0 bridgehead atoms. The maximum absolute atomic E-state index is 5.08. The van der Waals surface area contributed by atoms with Gasteiger partial charge in [-0.05, 0) is 51.6 Å². The molecule has 0 atom stereocenters. The molecule has 0 N–H and O–H groups in total. The molecule has 1 aliphatic heterocycles. The maximum atomic E-state index is 5.08. The van der Waals surface area contributed by atoms with Crippen molar-refractivity contribution >= 4 is 11.8 Å². The average molecular weight is 657 g/mol. The van der Waals surface area contributed by atoms with Gasteiger partial charge in [0.25, 0.3) is 0 Å². The highest BCUT2D eigenvalue weighted by Gasteiger charge is 2.50. The van der Waals surface area contributed by atoms with Crippen molar-refractivity contribution in [1.82, 2.24) is 19.9 Å². The van der Waals surface area contributed by atoms with Crippen molar-refractivity contribution < 1.29 is 0 Å². The molecular formula is C45H28N4S. The summed E-state index contributed by atoms with van der Waals surface area (Å²) in [5, 5.41) is 0. The Balaban J connectivity index is 1.13. The molecule has 0 saturated heterocycles. The van der Waals surface area contributed by atoms with E-state index in [1.807, 2.05) is 78.6 Å². The van der Waals surface area contributed by atoms with Gasteiger partial charge in [0.05, 0.1) is 11.1 Å². The van der Waals surface area contributed by atoms with Crippen molar-refractivity contribution in [2.75, 3.05) is 0 Å². The molecular weight excluding hydrogens is 629 g/mol. The average Bonchev–Trinajstić information content (AvgIpc) is 3.49. The summed E-state index contributed by atoms with van der Waals surface area (Å²) in [5.41, 5.74) is 12.2. The van der Waals surface area contributed by atoms with Crippen molar-refractivity contribution in [3.05, 3.63) is 192 Å². The summed E-state index contributed by atoms with van der Waals surface area (Å²) in [5.74, 6) is 1.86. The third-order valence-electron chi connectivity index (χ3n) is 9.87. The lowest BCUT2D eigenvalue weighted by Gasteiger charge is -2.40. The zero-order valence-electron chi connectivity index (χ0n) is 26.9. The quantitative estimate of drug-likeness (QED) is 0.189. The Labute approximate surface area is 294 Å². The van der Waals surface area contributed by atoms with Gasteiger partial charge in [-0.3, -0.25) is 4.98 Å². The minimum atomic E-state index is -0.424. The molecule has 0 unspecified atom stereocenters. The monoisotopic (exact) mass is 656 g/mol. The summed E-state index contributed by atoms with van der Waals surface area (Å²) in [6, 6.07) is 57.7. The number of benzene rings is 6. The van der Waals surface area contributed by atoms with Gasteiger partial charge in [-0.2, -0.15) is 0 Å². The summed E-state index contributed by atoms with van der Waals surface area (Å²) in [4.78, 5) is 22.3. The molecule has 1 spiro atoms. The summed E-state index contributed by atoms with van der Waals surface area (Å²) >= 11 is 1.84. The van der Waals surface area contributed by atoms with E-state index in [1.165, 1.54) is 43.2 Å². The lowest BCUT2D eigenvalue weighted by Crippen LogP contribution is -2.32. The Bertz CT molecular complexity index is 2460. The Morgan fingerprint density at radius 3 is 1.48 bits per heavy atom. The Kier molecular flexibility index (Phi) is 6.61. The number of fused-ring (bicyclic) bond motifs is 9. The number of hydrogen-bond acceptors (Lipinski definition) is 5. The molecule has 0 saturated carbocycles. The third kappa shape index (κ3) is 4.34. The van der Waals surface area contributed by atoms with Crippen molar-refractivity contribution in [3.63, 3.8) is 0 Å². The summed E-state index contributed by atoms with van der Waals surface area (Å²) in [7, 11) is 0. The first kappa shape index (κ1) is 28.8. The lowest BCUT2D eigenvalue weighted by atomic mass is 9.67. The van der Waals surface area contributed by atoms with Crippen molar-refractivity contribution in [2.45, 2.75) is 15.2 Å². The molecule has 0 radical (unpaired) electrons. The van der Waals surface area contributed by atoms with Crippen LogP contribution in [0.25, 0.3) is 56.5 Å². The molecule has 50 heavy (non-hydrogen) atoms. The first-order valence-corrected chi connectivity index (χ1v) is 17.5. The van der Waals surface area contributed by atoms with Gasteiger partial charge in [0, 0.05) is 38.2 Å². The van der Waals surface area contributed by atoms with E-state index in [0.717, 1.165) is 27.9 Å². The number of nitrogens with zero attached hydrogens (tertiary/aromatic N) is 4. The van der Waals surface area contributed by atoms with Gasteiger partial charge in [0.15, 0.2) is 17.5 Å². The van der Waals surface area contributed by atoms with Gasteiger partial charge in [-0.1, -0.05) is 157 Å². The lowest BCUT2D eigenvalue weighted by molar-refractivity contribution is 0.723. The highest BCUT2D eigenvalue weighted by atomic mass is 32.2. The predicted octanol–water partition coefficient (Wildman–Crippen LogP) is 10.8. The van der Waals surface area contributed by atoms with Crippen LogP contribution in [-0.4, -0.2) is 19.9 Å². The minimum Gasteiger partial charge on any atom is -0.255 e.